The van der Waals surface area contributed by atoms with Crippen LogP contribution in [0.25, 0.3) is 15.7 Å². The van der Waals surface area contributed by atoms with E-state index in [9.17, 15) is 0 Å². The number of nitrogens with two attached hydrogens (primary N) is 1. The molecule has 0 amide bonds. The summed E-state index contributed by atoms with van der Waals surface area (Å²) in [6.07, 6.45) is 5.56. The van der Waals surface area contributed by atoms with E-state index in [2.05, 4.69) is 25.2 Å². The van der Waals surface area contributed by atoms with Gasteiger partial charge in [0.05, 0.1) is 12.2 Å². The molecule has 0 atom stereocenters. The highest BCUT2D eigenvalue weighted by Gasteiger charge is 2.16. The zero-order chi connectivity index (χ0) is 19.3. The number of benzene rings is 1. The molecule has 8 nitrogen and oxygen atoms in total. The number of likely N-dealkylation sites (tertiary alicyclic amines) is 1. The van der Waals surface area contributed by atoms with Crippen molar-refractivity contribution in [2.45, 2.75) is 24.4 Å². The van der Waals surface area contributed by atoms with Crippen molar-refractivity contribution in [2.24, 2.45) is 0 Å². The third-order valence-electron chi connectivity index (χ3n) is 4.58. The molecule has 2 aromatic heterocycles. The molecule has 4 rings (SSSR count). The fraction of sp³-hybridized carbons (Fsp3) is 0.444. The molecule has 1 aliphatic heterocycles. The quantitative estimate of drug-likeness (QED) is 0.441. The summed E-state index contributed by atoms with van der Waals surface area (Å²) in [5.41, 5.74) is 6.87. The third kappa shape index (κ3) is 4.29. The summed E-state index contributed by atoms with van der Waals surface area (Å²) < 4.78 is 7.58. The molecule has 0 unspecified atom stereocenters. The number of nitrogens with zero attached hydrogens (tertiary/aromatic N) is 6. The highest BCUT2D eigenvalue weighted by Crippen LogP contribution is 2.33. The fourth-order valence-corrected chi connectivity index (χ4v) is 4.37. The molecule has 148 valence electrons. The molecule has 0 aliphatic carbocycles. The Balaban J connectivity index is 1.45. The van der Waals surface area contributed by atoms with Gasteiger partial charge in [0.25, 0.3) is 0 Å². The van der Waals surface area contributed by atoms with Crippen LogP contribution in [0.4, 0.5) is 5.95 Å². The van der Waals surface area contributed by atoms with E-state index in [1.165, 1.54) is 53.7 Å². The zero-order valence-electron chi connectivity index (χ0n) is 15.7. The Morgan fingerprint density at radius 3 is 2.82 bits per heavy atom. The van der Waals surface area contributed by atoms with E-state index in [1.807, 2.05) is 30.5 Å². The van der Waals surface area contributed by atoms with Gasteiger partial charge in [-0.05, 0) is 50.7 Å². The maximum atomic E-state index is 6.06. The predicted molar refractivity (Wildman–Crippen MR) is 112 cm³/mol. The van der Waals surface area contributed by atoms with E-state index in [-0.39, 0.29) is 0 Å². The molecular formula is C18H23N7OS2. The van der Waals surface area contributed by atoms with Crippen molar-refractivity contribution in [3.63, 3.8) is 0 Å². The minimum absolute atomic E-state index is 0.304. The monoisotopic (exact) mass is 417 g/mol. The van der Waals surface area contributed by atoms with Gasteiger partial charge in [0.2, 0.25) is 16.2 Å². The molecule has 1 fully saturated rings. The summed E-state index contributed by atoms with van der Waals surface area (Å²) in [6.45, 7) is 4.21. The summed E-state index contributed by atoms with van der Waals surface area (Å²) in [4.78, 5) is 6.69. The first-order chi connectivity index (χ1) is 13.7. The Morgan fingerprint density at radius 2 is 2.04 bits per heavy atom. The van der Waals surface area contributed by atoms with Gasteiger partial charge >= 0.3 is 0 Å². The van der Waals surface area contributed by atoms with Crippen LogP contribution in [-0.4, -0.2) is 62.4 Å². The van der Waals surface area contributed by atoms with Crippen molar-refractivity contribution in [3.8, 4) is 21.5 Å². The molecule has 0 spiro atoms. The third-order valence-corrected chi connectivity index (χ3v) is 6.05. The number of thioether (sulfide) groups is 1. The predicted octanol–water partition coefficient (Wildman–Crippen LogP) is 2.95. The molecule has 0 saturated carbocycles. The minimum Gasteiger partial charge on any atom is -0.493 e. The SMILES string of the molecule is CSc1nc(N)n(-c2nnc(-c3ccccc3OCCCN3CCCC3)s2)n1. The molecule has 1 aliphatic rings. The Bertz CT molecular complexity index is 920. The second-order valence-electron chi connectivity index (χ2n) is 6.51. The first-order valence-corrected chi connectivity index (χ1v) is 11.3. The number of nitrogen functional groups attached to an aromatic ring is 1. The average Bonchev–Trinajstić information content (AvgIpc) is 3.46. The molecule has 28 heavy (non-hydrogen) atoms. The van der Waals surface area contributed by atoms with Gasteiger partial charge in [0.15, 0.2) is 5.01 Å². The van der Waals surface area contributed by atoms with Crippen LogP contribution in [0.15, 0.2) is 29.4 Å². The molecule has 0 radical (unpaired) electrons. The van der Waals surface area contributed by atoms with Crippen molar-refractivity contribution in [1.82, 2.24) is 29.9 Å². The Labute approximate surface area is 172 Å². The Morgan fingerprint density at radius 1 is 1.21 bits per heavy atom. The van der Waals surface area contributed by atoms with Crippen LogP contribution in [0.2, 0.25) is 0 Å². The molecule has 3 aromatic rings. The Hall–Kier alpha value is -2.17. The van der Waals surface area contributed by atoms with Crippen molar-refractivity contribution < 1.29 is 4.74 Å². The lowest BCUT2D eigenvalue weighted by atomic mass is 10.2. The lowest BCUT2D eigenvalue weighted by molar-refractivity contribution is 0.264. The number of aromatic nitrogens is 5. The van der Waals surface area contributed by atoms with Crippen molar-refractivity contribution >= 4 is 29.0 Å². The molecule has 1 aromatic carbocycles. The van der Waals surface area contributed by atoms with Crippen LogP contribution in [0.3, 0.4) is 0 Å². The molecular weight excluding hydrogens is 394 g/mol. The first kappa shape index (κ1) is 19.2. The molecule has 2 N–H and O–H groups in total. The van der Waals surface area contributed by atoms with Crippen LogP contribution in [0.1, 0.15) is 19.3 Å². The second kappa shape index (κ2) is 8.89. The normalized spacial score (nSPS) is 14.6. The number of anilines is 1. The highest BCUT2D eigenvalue weighted by atomic mass is 32.2. The van der Waals surface area contributed by atoms with Gasteiger partial charge in [-0.2, -0.15) is 9.67 Å². The minimum atomic E-state index is 0.304. The summed E-state index contributed by atoms with van der Waals surface area (Å²) in [7, 11) is 0. The van der Waals surface area contributed by atoms with Gasteiger partial charge in [0.1, 0.15) is 5.75 Å². The summed E-state index contributed by atoms with van der Waals surface area (Å²) >= 11 is 2.85. The van der Waals surface area contributed by atoms with Gasteiger partial charge in [-0.25, -0.2) is 0 Å². The van der Waals surface area contributed by atoms with E-state index in [1.54, 1.807) is 0 Å². The van der Waals surface area contributed by atoms with Crippen LogP contribution >= 0.6 is 23.1 Å². The molecule has 10 heteroatoms. The van der Waals surface area contributed by atoms with Crippen molar-refractivity contribution in [3.05, 3.63) is 24.3 Å². The van der Waals surface area contributed by atoms with Gasteiger partial charge < -0.3 is 15.4 Å². The largest absolute Gasteiger partial charge is 0.493 e. The van der Waals surface area contributed by atoms with E-state index >= 15 is 0 Å². The van der Waals surface area contributed by atoms with Crippen LogP contribution in [-0.2, 0) is 0 Å². The summed E-state index contributed by atoms with van der Waals surface area (Å²) in [5, 5.41) is 14.9. The highest BCUT2D eigenvalue weighted by molar-refractivity contribution is 7.98. The topological polar surface area (TPSA) is 95.0 Å². The maximum absolute atomic E-state index is 6.06. The molecule has 1 saturated heterocycles. The fourth-order valence-electron chi connectivity index (χ4n) is 3.19. The summed E-state index contributed by atoms with van der Waals surface area (Å²) in [6, 6.07) is 7.92. The Kier molecular flexibility index (Phi) is 6.08. The molecule has 3 heterocycles. The van der Waals surface area contributed by atoms with E-state index in [0.29, 0.717) is 22.8 Å². The van der Waals surface area contributed by atoms with Crippen molar-refractivity contribution in [1.29, 1.82) is 0 Å². The van der Waals surface area contributed by atoms with Gasteiger partial charge in [-0.15, -0.1) is 15.3 Å². The second-order valence-corrected chi connectivity index (χ2v) is 8.23. The molecule has 0 bridgehead atoms. The number of ether oxygens (including phenoxy) is 1. The standard InChI is InChI=1S/C18H23N7OS2/c1-27-17-20-16(19)25(23-17)18-22-21-15(28-18)13-7-2-3-8-14(13)26-12-6-11-24-9-4-5-10-24/h2-3,7-8H,4-6,9-12H2,1H3,(H2,19,20,23). The van der Waals surface area contributed by atoms with E-state index < -0.39 is 0 Å². The lowest BCUT2D eigenvalue weighted by Crippen LogP contribution is -2.21. The van der Waals surface area contributed by atoms with Gasteiger partial charge in [-0.1, -0.05) is 35.2 Å². The maximum Gasteiger partial charge on any atom is 0.236 e. The summed E-state index contributed by atoms with van der Waals surface area (Å²) in [5.74, 6) is 1.13. The van der Waals surface area contributed by atoms with E-state index in [0.717, 1.165) is 29.3 Å². The number of hydrogen-bond donors (Lipinski definition) is 1. The smallest absolute Gasteiger partial charge is 0.236 e. The van der Waals surface area contributed by atoms with Crippen LogP contribution in [0.5, 0.6) is 5.75 Å². The van der Waals surface area contributed by atoms with Crippen LogP contribution < -0.4 is 10.5 Å². The zero-order valence-corrected chi connectivity index (χ0v) is 17.4. The number of para-hydroxylation sites is 1. The van der Waals surface area contributed by atoms with E-state index in [4.69, 9.17) is 10.5 Å². The van der Waals surface area contributed by atoms with Crippen LogP contribution in [0, 0.1) is 0 Å². The van der Waals surface area contributed by atoms with Crippen molar-refractivity contribution in [2.75, 3.05) is 38.2 Å². The average molecular weight is 418 g/mol. The number of hydrogen-bond acceptors (Lipinski definition) is 9. The van der Waals surface area contributed by atoms with Gasteiger partial charge in [0, 0.05) is 6.54 Å². The lowest BCUT2D eigenvalue weighted by Gasteiger charge is -2.15. The first-order valence-electron chi connectivity index (χ1n) is 9.29. The number of rotatable bonds is 8. The van der Waals surface area contributed by atoms with Gasteiger partial charge in [-0.3, -0.25) is 0 Å².